The maximum Gasteiger partial charge on any atom is 0.280 e. The van der Waals surface area contributed by atoms with Crippen LogP contribution in [0.1, 0.15) is 23.8 Å². The summed E-state index contributed by atoms with van der Waals surface area (Å²) < 4.78 is 0. The Hall–Kier alpha value is -1.80. The molecule has 1 aromatic rings. The third kappa shape index (κ3) is 5.45. The topological polar surface area (TPSA) is 145 Å². The molecule has 0 spiro atoms. The summed E-state index contributed by atoms with van der Waals surface area (Å²) in [6.07, 6.45) is 2.28. The van der Waals surface area contributed by atoms with Crippen LogP contribution in [0.25, 0.3) is 0 Å². The number of guanidine groups is 1. The number of nitrogen functional groups attached to an aromatic ring is 2. The van der Waals surface area contributed by atoms with Crippen molar-refractivity contribution in [2.75, 3.05) is 24.4 Å². The van der Waals surface area contributed by atoms with E-state index in [1.54, 1.807) is 0 Å². The van der Waals surface area contributed by atoms with Gasteiger partial charge in [0.05, 0.1) is 0 Å². The van der Waals surface area contributed by atoms with E-state index in [0.717, 1.165) is 6.42 Å². The standard InChI is InChI=1S/C9H14ClN7O.CH3Cl/c1-2-3-14-9(13)17-8(18)4-6(11)16-7(12)5(10)15-4;1-2/h2-3H2,1H3,(H4,11,12,16)(H3,13,14,17,18);1H3. The molecule has 0 fully saturated rings. The van der Waals surface area contributed by atoms with Crippen molar-refractivity contribution in [3.8, 4) is 0 Å². The molecule has 0 aliphatic rings. The number of aromatic nitrogens is 2. The third-order valence-corrected chi connectivity index (χ3v) is 2.15. The van der Waals surface area contributed by atoms with E-state index in [9.17, 15) is 4.79 Å². The molecule has 0 bridgehead atoms. The number of rotatable bonds is 3. The number of hydrogen-bond acceptors (Lipinski definition) is 6. The third-order valence-electron chi connectivity index (χ3n) is 1.87. The number of nitrogens with zero attached hydrogens (tertiary/aromatic N) is 3. The molecule has 0 atom stereocenters. The van der Waals surface area contributed by atoms with Gasteiger partial charge in [-0.1, -0.05) is 18.5 Å². The Labute approximate surface area is 126 Å². The minimum atomic E-state index is -0.640. The van der Waals surface area contributed by atoms with Crippen LogP contribution < -0.4 is 22.5 Å². The first-order valence-corrected chi connectivity index (χ1v) is 6.66. The number of anilines is 2. The molecular weight excluding hydrogens is 305 g/mol. The Morgan fingerprint density at radius 2 is 1.90 bits per heavy atom. The van der Waals surface area contributed by atoms with Crippen LogP contribution in [0, 0.1) is 0 Å². The number of nitrogens with two attached hydrogens (primary N) is 3. The van der Waals surface area contributed by atoms with Crippen molar-refractivity contribution in [2.24, 2.45) is 10.7 Å². The molecule has 10 heteroatoms. The molecule has 8 nitrogen and oxygen atoms in total. The number of amides is 1. The van der Waals surface area contributed by atoms with E-state index in [4.69, 9.17) is 28.8 Å². The van der Waals surface area contributed by atoms with Gasteiger partial charge in [0.1, 0.15) is 0 Å². The molecule has 1 aromatic heterocycles. The molecule has 112 valence electrons. The SMILES string of the molecule is CCCN=C(N)NC(=O)c1nc(Cl)c(N)nc1N.CCl. The largest absolute Gasteiger partial charge is 0.382 e. The second-order valence-corrected chi connectivity index (χ2v) is 3.71. The maximum atomic E-state index is 11.7. The molecule has 0 saturated carbocycles. The lowest BCUT2D eigenvalue weighted by Gasteiger charge is -2.07. The van der Waals surface area contributed by atoms with Crippen molar-refractivity contribution < 1.29 is 4.79 Å². The number of halogens is 2. The summed E-state index contributed by atoms with van der Waals surface area (Å²) in [6, 6.07) is 0. The molecule has 1 amide bonds. The number of carbonyl (C=O) groups excluding carboxylic acids is 1. The van der Waals surface area contributed by atoms with Crippen LogP contribution in [0.3, 0.4) is 0 Å². The highest BCUT2D eigenvalue weighted by Crippen LogP contribution is 2.16. The predicted octanol–water partition coefficient (Wildman–Crippen LogP) is 0.604. The van der Waals surface area contributed by atoms with Gasteiger partial charge in [0, 0.05) is 12.9 Å². The first kappa shape index (κ1) is 18.2. The molecular formula is C10H17Cl2N7O. The number of carbonyl (C=O) groups is 1. The molecule has 0 aliphatic carbocycles. The van der Waals surface area contributed by atoms with Crippen LogP contribution in [0.15, 0.2) is 4.99 Å². The van der Waals surface area contributed by atoms with Gasteiger partial charge < -0.3 is 17.2 Å². The van der Waals surface area contributed by atoms with Gasteiger partial charge in [-0.25, -0.2) is 9.97 Å². The highest BCUT2D eigenvalue weighted by Gasteiger charge is 2.16. The second kappa shape index (κ2) is 9.16. The Morgan fingerprint density at radius 1 is 1.30 bits per heavy atom. The number of alkyl halides is 1. The van der Waals surface area contributed by atoms with Crippen molar-refractivity contribution in [1.29, 1.82) is 0 Å². The van der Waals surface area contributed by atoms with Crippen molar-refractivity contribution in [3.63, 3.8) is 0 Å². The van der Waals surface area contributed by atoms with Crippen LogP contribution >= 0.6 is 23.2 Å². The monoisotopic (exact) mass is 321 g/mol. The zero-order chi connectivity index (χ0) is 15.7. The first-order valence-electron chi connectivity index (χ1n) is 5.53. The summed E-state index contributed by atoms with van der Waals surface area (Å²) in [7, 11) is 0. The summed E-state index contributed by atoms with van der Waals surface area (Å²) in [5.41, 5.74) is 16.2. The molecule has 0 aliphatic heterocycles. The quantitative estimate of drug-likeness (QED) is 0.364. The van der Waals surface area contributed by atoms with Crippen LogP contribution in [-0.4, -0.2) is 34.8 Å². The van der Waals surface area contributed by atoms with Crippen LogP contribution in [0.4, 0.5) is 11.6 Å². The lowest BCUT2D eigenvalue weighted by molar-refractivity contribution is 0.0972. The number of hydrogen-bond donors (Lipinski definition) is 4. The Balaban J connectivity index is 0.00000172. The summed E-state index contributed by atoms with van der Waals surface area (Å²) in [5.74, 6) is -0.828. The van der Waals surface area contributed by atoms with Gasteiger partial charge in [0.25, 0.3) is 5.91 Å². The van der Waals surface area contributed by atoms with E-state index >= 15 is 0 Å². The Bertz CT molecular complexity index is 493. The highest BCUT2D eigenvalue weighted by molar-refractivity contribution is 6.31. The van der Waals surface area contributed by atoms with E-state index < -0.39 is 5.91 Å². The van der Waals surface area contributed by atoms with Gasteiger partial charge in [-0.15, -0.1) is 11.6 Å². The van der Waals surface area contributed by atoms with E-state index in [0.29, 0.717) is 6.54 Å². The van der Waals surface area contributed by atoms with E-state index in [1.165, 1.54) is 6.38 Å². The van der Waals surface area contributed by atoms with Gasteiger partial charge in [-0.3, -0.25) is 15.1 Å². The van der Waals surface area contributed by atoms with Crippen molar-refractivity contribution in [3.05, 3.63) is 10.8 Å². The van der Waals surface area contributed by atoms with Crippen molar-refractivity contribution in [1.82, 2.24) is 15.3 Å². The van der Waals surface area contributed by atoms with Gasteiger partial charge in [-0.2, -0.15) is 0 Å². The average Bonchev–Trinajstić information content (AvgIpc) is 2.42. The summed E-state index contributed by atoms with van der Waals surface area (Å²) in [6.45, 7) is 2.44. The first-order chi connectivity index (χ1) is 9.45. The lowest BCUT2D eigenvalue weighted by Crippen LogP contribution is -2.38. The zero-order valence-corrected chi connectivity index (χ0v) is 12.7. The number of nitrogens with one attached hydrogen (secondary N) is 1. The summed E-state index contributed by atoms with van der Waals surface area (Å²) in [5, 5.41) is 2.23. The van der Waals surface area contributed by atoms with Crippen LogP contribution in [0.2, 0.25) is 5.15 Å². The van der Waals surface area contributed by atoms with Crippen molar-refractivity contribution >= 4 is 46.7 Å². The average molecular weight is 322 g/mol. The fraction of sp³-hybridized carbons (Fsp3) is 0.400. The minimum absolute atomic E-state index is 0.0176. The highest BCUT2D eigenvalue weighted by atomic mass is 35.5. The van der Waals surface area contributed by atoms with Gasteiger partial charge in [0.2, 0.25) is 0 Å². The van der Waals surface area contributed by atoms with Gasteiger partial charge in [0.15, 0.2) is 28.4 Å². The lowest BCUT2D eigenvalue weighted by atomic mass is 10.4. The molecule has 1 heterocycles. The van der Waals surface area contributed by atoms with Gasteiger partial charge in [-0.05, 0) is 6.42 Å². The predicted molar refractivity (Wildman–Crippen MR) is 81.9 cm³/mol. The molecule has 20 heavy (non-hydrogen) atoms. The number of aliphatic imine (C=N–C) groups is 1. The molecule has 0 saturated heterocycles. The second-order valence-electron chi connectivity index (χ2n) is 3.35. The molecule has 7 N–H and O–H groups in total. The van der Waals surface area contributed by atoms with E-state index in [-0.39, 0.29) is 28.4 Å². The fourth-order valence-electron chi connectivity index (χ4n) is 1.06. The Kier molecular flexibility index (Phi) is 8.33. The zero-order valence-electron chi connectivity index (χ0n) is 11.2. The van der Waals surface area contributed by atoms with E-state index in [1.807, 2.05) is 6.92 Å². The fourth-order valence-corrected chi connectivity index (χ4v) is 1.18. The molecule has 1 rings (SSSR count). The maximum absolute atomic E-state index is 11.7. The normalized spacial score (nSPS) is 10.5. The molecule has 0 aromatic carbocycles. The van der Waals surface area contributed by atoms with Gasteiger partial charge >= 0.3 is 0 Å². The van der Waals surface area contributed by atoms with Crippen LogP contribution in [0.5, 0.6) is 0 Å². The van der Waals surface area contributed by atoms with E-state index in [2.05, 4.69) is 31.9 Å². The minimum Gasteiger partial charge on any atom is -0.382 e. The molecule has 0 unspecified atom stereocenters. The van der Waals surface area contributed by atoms with Crippen LogP contribution in [-0.2, 0) is 0 Å². The summed E-state index contributed by atoms with van der Waals surface area (Å²) in [4.78, 5) is 23.1. The van der Waals surface area contributed by atoms with Crippen molar-refractivity contribution in [2.45, 2.75) is 13.3 Å². The summed E-state index contributed by atoms with van der Waals surface area (Å²) >= 11 is 10.3. The molecule has 0 radical (unpaired) electrons. The smallest absolute Gasteiger partial charge is 0.280 e. The Morgan fingerprint density at radius 3 is 2.45 bits per heavy atom.